The van der Waals surface area contributed by atoms with E-state index in [2.05, 4.69) is 10.1 Å². The molecule has 0 aliphatic carbocycles. The lowest BCUT2D eigenvalue weighted by molar-refractivity contribution is -0.274. The van der Waals surface area contributed by atoms with Crippen LogP contribution in [0.3, 0.4) is 0 Å². The van der Waals surface area contributed by atoms with Gasteiger partial charge in [0.1, 0.15) is 5.75 Å². The van der Waals surface area contributed by atoms with E-state index in [0.717, 1.165) is 31.5 Å². The van der Waals surface area contributed by atoms with Crippen molar-refractivity contribution in [1.29, 1.82) is 0 Å². The lowest BCUT2D eigenvalue weighted by Crippen LogP contribution is -2.44. The first kappa shape index (κ1) is 20.6. The number of aryl methyl sites for hydroxylation is 1. The molecule has 8 heteroatoms. The topological polar surface area (TPSA) is 41.6 Å². The largest absolute Gasteiger partial charge is 0.573 e. The molecule has 1 aromatic carbocycles. The van der Waals surface area contributed by atoms with E-state index in [0.29, 0.717) is 12.8 Å². The van der Waals surface area contributed by atoms with Crippen LogP contribution in [-0.2, 0) is 11.2 Å². The molecule has 1 fully saturated rings. The van der Waals surface area contributed by atoms with Gasteiger partial charge in [-0.3, -0.25) is 4.79 Å². The molecular weight excluding hydrogens is 345 g/mol. The van der Waals surface area contributed by atoms with Crippen molar-refractivity contribution in [3.8, 4) is 5.75 Å². The molecule has 1 N–H and O–H groups in total. The number of hydrogen-bond donors (Lipinski definition) is 1. The molecule has 1 aliphatic rings. The van der Waals surface area contributed by atoms with Gasteiger partial charge in [0, 0.05) is 19.5 Å². The molecule has 0 saturated carbocycles. The zero-order valence-corrected chi connectivity index (χ0v) is 14.3. The number of hydrogen-bond acceptors (Lipinski definition) is 3. The van der Waals surface area contributed by atoms with Crippen molar-refractivity contribution in [2.45, 2.75) is 38.1 Å². The highest BCUT2D eigenvalue weighted by Gasteiger charge is 2.31. The minimum atomic E-state index is -4.69. The first-order valence-electron chi connectivity index (χ1n) is 7.66. The second kappa shape index (κ2) is 9.13. The van der Waals surface area contributed by atoms with E-state index in [1.54, 1.807) is 17.0 Å². The van der Waals surface area contributed by atoms with Gasteiger partial charge in [0.25, 0.3) is 0 Å². The summed E-state index contributed by atoms with van der Waals surface area (Å²) in [5.41, 5.74) is 0.812. The van der Waals surface area contributed by atoms with Crippen molar-refractivity contribution in [2.75, 3.05) is 20.1 Å². The number of halogens is 4. The predicted molar refractivity (Wildman–Crippen MR) is 87.4 cm³/mol. The molecule has 1 amide bonds. The molecule has 0 atom stereocenters. The van der Waals surface area contributed by atoms with Crippen LogP contribution in [0.2, 0.25) is 0 Å². The zero-order valence-electron chi connectivity index (χ0n) is 13.4. The number of carbonyl (C=O) groups excluding carboxylic acids is 1. The van der Waals surface area contributed by atoms with Gasteiger partial charge < -0.3 is 15.0 Å². The van der Waals surface area contributed by atoms with Crippen molar-refractivity contribution in [3.63, 3.8) is 0 Å². The summed E-state index contributed by atoms with van der Waals surface area (Å²) in [6.45, 7) is 1.84. The molecule has 1 aliphatic heterocycles. The maximum atomic E-state index is 12.2. The van der Waals surface area contributed by atoms with Crippen LogP contribution in [-0.4, -0.2) is 43.3 Å². The maximum Gasteiger partial charge on any atom is 0.573 e. The van der Waals surface area contributed by atoms with Gasteiger partial charge in [-0.2, -0.15) is 0 Å². The number of nitrogens with one attached hydrogen (secondary N) is 1. The molecule has 0 radical (unpaired) electrons. The molecule has 4 nitrogen and oxygen atoms in total. The van der Waals surface area contributed by atoms with E-state index in [4.69, 9.17) is 0 Å². The molecule has 1 aromatic rings. The number of carbonyl (C=O) groups is 1. The van der Waals surface area contributed by atoms with Crippen LogP contribution in [0.5, 0.6) is 5.75 Å². The predicted octanol–water partition coefficient (Wildman–Crippen LogP) is 3.15. The van der Waals surface area contributed by atoms with Gasteiger partial charge in [0.05, 0.1) is 0 Å². The summed E-state index contributed by atoms with van der Waals surface area (Å²) in [5, 5.41) is 3.26. The van der Waals surface area contributed by atoms with Gasteiger partial charge in [-0.1, -0.05) is 12.1 Å². The Morgan fingerprint density at radius 1 is 1.25 bits per heavy atom. The Morgan fingerprint density at radius 3 is 2.38 bits per heavy atom. The van der Waals surface area contributed by atoms with Gasteiger partial charge in [-0.05, 0) is 50.0 Å². The van der Waals surface area contributed by atoms with Crippen LogP contribution in [0, 0.1) is 0 Å². The highest BCUT2D eigenvalue weighted by molar-refractivity contribution is 5.85. The van der Waals surface area contributed by atoms with Crippen LogP contribution in [0.4, 0.5) is 13.2 Å². The lowest BCUT2D eigenvalue weighted by atomic mass is 10.0. The van der Waals surface area contributed by atoms with Crippen LogP contribution in [0.25, 0.3) is 0 Å². The number of benzene rings is 1. The summed E-state index contributed by atoms with van der Waals surface area (Å²) < 4.78 is 40.1. The Labute approximate surface area is 145 Å². The van der Waals surface area contributed by atoms with Crippen molar-refractivity contribution in [3.05, 3.63) is 29.8 Å². The molecule has 0 aromatic heterocycles. The van der Waals surface area contributed by atoms with Gasteiger partial charge in [-0.15, -0.1) is 25.6 Å². The summed E-state index contributed by atoms with van der Waals surface area (Å²) in [4.78, 5) is 14.0. The van der Waals surface area contributed by atoms with Gasteiger partial charge in [-0.25, -0.2) is 0 Å². The fraction of sp³-hybridized carbons (Fsp3) is 0.562. The van der Waals surface area contributed by atoms with Crippen LogP contribution in [0.15, 0.2) is 24.3 Å². The molecule has 0 bridgehead atoms. The lowest BCUT2D eigenvalue weighted by Gasteiger charge is -2.31. The summed E-state index contributed by atoms with van der Waals surface area (Å²) in [7, 11) is 1.82. The number of rotatable bonds is 5. The number of amides is 1. The van der Waals surface area contributed by atoms with E-state index in [1.807, 2.05) is 7.05 Å². The molecule has 136 valence electrons. The van der Waals surface area contributed by atoms with E-state index in [1.165, 1.54) is 12.1 Å². The number of alkyl halides is 3. The monoisotopic (exact) mass is 366 g/mol. The van der Waals surface area contributed by atoms with E-state index < -0.39 is 6.36 Å². The van der Waals surface area contributed by atoms with Gasteiger partial charge >= 0.3 is 6.36 Å². The molecule has 24 heavy (non-hydrogen) atoms. The van der Waals surface area contributed by atoms with Crippen LogP contribution < -0.4 is 10.1 Å². The molecule has 0 unspecified atom stereocenters. The third-order valence-electron chi connectivity index (χ3n) is 4.03. The third-order valence-corrected chi connectivity index (χ3v) is 4.03. The second-order valence-electron chi connectivity index (χ2n) is 5.68. The highest BCUT2D eigenvalue weighted by atomic mass is 35.5. The molecule has 2 rings (SSSR count). The number of ether oxygens (including phenoxy) is 1. The Balaban J connectivity index is 0.00000288. The molecule has 1 saturated heterocycles. The first-order chi connectivity index (χ1) is 10.8. The maximum absolute atomic E-state index is 12.2. The normalized spacial score (nSPS) is 15.5. The van der Waals surface area contributed by atoms with Crippen molar-refractivity contribution in [2.24, 2.45) is 0 Å². The second-order valence-corrected chi connectivity index (χ2v) is 5.68. The van der Waals surface area contributed by atoms with Crippen molar-refractivity contribution < 1.29 is 22.7 Å². The standard InChI is InChI=1S/C16H21F3N2O2.ClH/c1-21(13-8-10-20-11-9-13)15(22)7-4-12-2-5-14(6-3-12)23-16(17,18)19;/h2-3,5-6,13,20H,4,7-11H2,1H3;1H. The van der Waals surface area contributed by atoms with Crippen molar-refractivity contribution >= 4 is 18.3 Å². The van der Waals surface area contributed by atoms with E-state index in [-0.39, 0.29) is 30.1 Å². The first-order valence-corrected chi connectivity index (χ1v) is 7.66. The summed E-state index contributed by atoms with van der Waals surface area (Å²) in [6, 6.07) is 5.91. The van der Waals surface area contributed by atoms with E-state index >= 15 is 0 Å². The minimum absolute atomic E-state index is 0. The summed E-state index contributed by atoms with van der Waals surface area (Å²) in [5.74, 6) is -0.188. The Hall–Kier alpha value is -1.47. The molecular formula is C16H22ClF3N2O2. The van der Waals surface area contributed by atoms with Gasteiger partial charge in [0.15, 0.2) is 0 Å². The summed E-state index contributed by atoms with van der Waals surface area (Å²) >= 11 is 0. The number of nitrogens with zero attached hydrogens (tertiary/aromatic N) is 1. The van der Waals surface area contributed by atoms with E-state index in [9.17, 15) is 18.0 Å². The fourth-order valence-electron chi connectivity index (χ4n) is 2.68. The molecule has 1 heterocycles. The Morgan fingerprint density at radius 2 is 1.83 bits per heavy atom. The quantitative estimate of drug-likeness (QED) is 0.870. The average molecular weight is 367 g/mol. The summed E-state index contributed by atoms with van der Waals surface area (Å²) in [6.07, 6.45) is -1.94. The Kier molecular flexibility index (Phi) is 7.83. The molecule has 0 spiro atoms. The SMILES string of the molecule is CN(C(=O)CCc1ccc(OC(F)(F)F)cc1)C1CCNCC1.Cl. The third kappa shape index (κ3) is 6.57. The average Bonchev–Trinajstić information content (AvgIpc) is 2.52. The zero-order chi connectivity index (χ0) is 16.9. The van der Waals surface area contributed by atoms with Crippen LogP contribution >= 0.6 is 12.4 Å². The van der Waals surface area contributed by atoms with Gasteiger partial charge in [0.2, 0.25) is 5.91 Å². The van der Waals surface area contributed by atoms with Crippen molar-refractivity contribution in [1.82, 2.24) is 10.2 Å². The fourth-order valence-corrected chi connectivity index (χ4v) is 2.68. The van der Waals surface area contributed by atoms with Crippen LogP contribution in [0.1, 0.15) is 24.8 Å². The number of piperidine rings is 1. The highest BCUT2D eigenvalue weighted by Crippen LogP contribution is 2.23. The Bertz CT molecular complexity index is 517. The smallest absolute Gasteiger partial charge is 0.406 e. The minimum Gasteiger partial charge on any atom is -0.406 e.